The Balaban J connectivity index is 3.03. The minimum absolute atomic E-state index is 0.0395. The molecule has 1 rings (SSSR count). The van der Waals surface area contributed by atoms with Gasteiger partial charge in [0.1, 0.15) is 0 Å². The maximum Gasteiger partial charge on any atom is 0.377 e. The molecule has 2 N–H and O–H groups in total. The van der Waals surface area contributed by atoms with E-state index in [1.165, 1.54) is 6.07 Å². The van der Waals surface area contributed by atoms with Crippen LogP contribution in [0.2, 0.25) is 0 Å². The van der Waals surface area contributed by atoms with Crippen LogP contribution in [0.5, 0.6) is 0 Å². The number of alkyl halides is 2. The zero-order valence-electron chi connectivity index (χ0n) is 9.70. The van der Waals surface area contributed by atoms with Crippen molar-refractivity contribution in [2.75, 3.05) is 0 Å². The zero-order valence-corrected chi connectivity index (χ0v) is 10.5. The second-order valence-corrected chi connectivity index (χ2v) is 5.90. The molecule has 0 amide bonds. The molecular weight excluding hydrogens is 250 g/mol. The molecule has 0 aliphatic carbocycles. The Bertz CT molecular complexity index is 421. The number of hydrogen-bond donors (Lipinski definition) is 2. The molecule has 1 atom stereocenters. The highest BCUT2D eigenvalue weighted by Gasteiger charge is 2.48. The maximum atomic E-state index is 13.1. The monoisotopic (exact) mass is 264 g/mol. The minimum Gasteiger partial charge on any atom is -0.477 e. The fourth-order valence-electron chi connectivity index (χ4n) is 1.20. The van der Waals surface area contributed by atoms with Crippen molar-refractivity contribution in [3.63, 3.8) is 0 Å². The second-order valence-electron chi connectivity index (χ2n) is 4.78. The molecule has 1 heterocycles. The van der Waals surface area contributed by atoms with Crippen LogP contribution < -0.4 is 0 Å². The van der Waals surface area contributed by atoms with Gasteiger partial charge in [-0.2, -0.15) is 8.78 Å². The lowest BCUT2D eigenvalue weighted by atomic mass is 9.95. The van der Waals surface area contributed by atoms with Gasteiger partial charge in [0.15, 0.2) is 6.10 Å². The summed E-state index contributed by atoms with van der Waals surface area (Å²) in [7, 11) is 0. The van der Waals surface area contributed by atoms with Crippen molar-refractivity contribution >= 4 is 17.3 Å². The molecule has 0 radical (unpaired) electrons. The van der Waals surface area contributed by atoms with E-state index in [1.807, 2.05) is 20.8 Å². The van der Waals surface area contributed by atoms with Gasteiger partial charge in [-0.05, 0) is 17.5 Å². The summed E-state index contributed by atoms with van der Waals surface area (Å²) in [6, 6.07) is 2.97. The van der Waals surface area contributed by atoms with Gasteiger partial charge in [-0.25, -0.2) is 4.79 Å². The summed E-state index contributed by atoms with van der Waals surface area (Å²) in [4.78, 5) is 11.1. The average Bonchev–Trinajstić information content (AvgIpc) is 2.63. The third kappa shape index (κ3) is 2.81. The third-order valence-electron chi connectivity index (χ3n) is 2.26. The van der Waals surface area contributed by atoms with Crippen molar-refractivity contribution in [3.05, 3.63) is 21.9 Å². The van der Waals surface area contributed by atoms with Gasteiger partial charge in [0.05, 0.1) is 0 Å². The van der Waals surface area contributed by atoms with Crippen molar-refractivity contribution < 1.29 is 23.8 Å². The van der Waals surface area contributed by atoms with Crippen LogP contribution in [0, 0.1) is 0 Å². The van der Waals surface area contributed by atoms with Crippen LogP contribution in [-0.4, -0.2) is 22.1 Å². The first-order chi connectivity index (χ1) is 7.56. The summed E-state index contributed by atoms with van der Waals surface area (Å²) >= 11 is 0.999. The average molecular weight is 264 g/mol. The summed E-state index contributed by atoms with van der Waals surface area (Å²) in [5, 5.41) is 17.7. The molecule has 0 aromatic carbocycles. The van der Waals surface area contributed by atoms with E-state index in [4.69, 9.17) is 5.11 Å². The van der Waals surface area contributed by atoms with Crippen LogP contribution in [0.1, 0.15) is 36.6 Å². The Labute approximate surface area is 102 Å². The molecule has 0 aliphatic rings. The Kier molecular flexibility index (Phi) is 3.59. The van der Waals surface area contributed by atoms with Gasteiger partial charge < -0.3 is 10.2 Å². The smallest absolute Gasteiger partial charge is 0.377 e. The highest BCUT2D eigenvalue weighted by atomic mass is 32.1. The number of carboxylic acids is 1. The lowest BCUT2D eigenvalue weighted by Crippen LogP contribution is -2.35. The lowest BCUT2D eigenvalue weighted by Gasteiger charge is -2.18. The SMILES string of the molecule is CC(C)(C)c1ccc(C(O)C(F)(F)C(=O)O)s1. The van der Waals surface area contributed by atoms with Gasteiger partial charge in [0.2, 0.25) is 0 Å². The van der Waals surface area contributed by atoms with Gasteiger partial charge in [-0.3, -0.25) is 0 Å². The van der Waals surface area contributed by atoms with Crippen molar-refractivity contribution in [3.8, 4) is 0 Å². The summed E-state index contributed by atoms with van der Waals surface area (Å²) in [5.41, 5.74) is -0.221. The normalized spacial score (nSPS) is 14.7. The molecule has 1 aromatic rings. The summed E-state index contributed by atoms with van der Waals surface area (Å²) in [5.74, 6) is -6.49. The Morgan fingerprint density at radius 3 is 2.24 bits per heavy atom. The fraction of sp³-hybridized carbons (Fsp3) is 0.545. The number of halogens is 2. The summed E-state index contributed by atoms with van der Waals surface area (Å²) in [6.07, 6.45) is -2.30. The number of aliphatic hydroxyl groups excluding tert-OH is 1. The molecule has 1 aromatic heterocycles. The van der Waals surface area contributed by atoms with Crippen molar-refractivity contribution in [1.82, 2.24) is 0 Å². The van der Waals surface area contributed by atoms with E-state index in [1.54, 1.807) is 6.07 Å². The zero-order chi connectivity index (χ0) is 13.4. The number of aliphatic hydroxyl groups is 1. The standard InChI is InChI=1S/C11H14F2O3S/c1-10(2,3)7-5-4-6(17-7)8(14)11(12,13)9(15)16/h4-5,8,14H,1-3H3,(H,15,16). The van der Waals surface area contributed by atoms with Crippen LogP contribution in [0.25, 0.3) is 0 Å². The molecule has 0 bridgehead atoms. The molecule has 3 nitrogen and oxygen atoms in total. The highest BCUT2D eigenvalue weighted by Crippen LogP contribution is 2.38. The number of thiophene rings is 1. The summed E-state index contributed by atoms with van der Waals surface area (Å²) in [6.45, 7) is 5.72. The largest absolute Gasteiger partial charge is 0.477 e. The van der Waals surface area contributed by atoms with Crippen molar-refractivity contribution in [2.45, 2.75) is 38.2 Å². The predicted molar refractivity (Wildman–Crippen MR) is 60.6 cm³/mol. The Hall–Kier alpha value is -1.01. The number of carbonyl (C=O) groups is 1. The Morgan fingerprint density at radius 1 is 1.35 bits per heavy atom. The molecule has 1 unspecified atom stereocenters. The van der Waals surface area contributed by atoms with E-state index in [0.29, 0.717) is 0 Å². The van der Waals surface area contributed by atoms with E-state index < -0.39 is 18.0 Å². The van der Waals surface area contributed by atoms with Crippen molar-refractivity contribution in [2.24, 2.45) is 0 Å². The minimum atomic E-state index is -4.17. The van der Waals surface area contributed by atoms with E-state index in [2.05, 4.69) is 0 Å². The molecule has 0 fully saturated rings. The van der Waals surface area contributed by atoms with Crippen LogP contribution in [0.3, 0.4) is 0 Å². The lowest BCUT2D eigenvalue weighted by molar-refractivity contribution is -0.182. The number of rotatable bonds is 3. The summed E-state index contributed by atoms with van der Waals surface area (Å²) < 4.78 is 26.2. The van der Waals surface area contributed by atoms with Crippen LogP contribution >= 0.6 is 11.3 Å². The quantitative estimate of drug-likeness (QED) is 0.882. The molecule has 6 heteroatoms. The first-order valence-electron chi connectivity index (χ1n) is 4.96. The maximum absolute atomic E-state index is 13.1. The second kappa shape index (κ2) is 4.34. The van der Waals surface area contributed by atoms with E-state index >= 15 is 0 Å². The molecule has 96 valence electrons. The molecular formula is C11H14F2O3S. The van der Waals surface area contributed by atoms with E-state index in [9.17, 15) is 18.7 Å². The molecule has 0 spiro atoms. The molecule has 0 saturated carbocycles. The highest BCUT2D eigenvalue weighted by molar-refractivity contribution is 7.12. The number of aliphatic carboxylic acids is 1. The fourth-order valence-corrected chi connectivity index (χ4v) is 2.29. The Morgan fingerprint density at radius 2 is 1.88 bits per heavy atom. The first kappa shape index (κ1) is 14.1. The topological polar surface area (TPSA) is 57.5 Å². The first-order valence-corrected chi connectivity index (χ1v) is 5.78. The van der Waals surface area contributed by atoms with E-state index in [0.717, 1.165) is 16.2 Å². The van der Waals surface area contributed by atoms with Gasteiger partial charge in [0.25, 0.3) is 0 Å². The van der Waals surface area contributed by atoms with Crippen LogP contribution in [0.15, 0.2) is 12.1 Å². The molecule has 0 saturated heterocycles. The number of hydrogen-bond acceptors (Lipinski definition) is 3. The van der Waals surface area contributed by atoms with Gasteiger partial charge >= 0.3 is 11.9 Å². The van der Waals surface area contributed by atoms with Crippen LogP contribution in [-0.2, 0) is 10.2 Å². The van der Waals surface area contributed by atoms with E-state index in [-0.39, 0.29) is 10.3 Å². The van der Waals surface area contributed by atoms with Crippen molar-refractivity contribution in [1.29, 1.82) is 0 Å². The van der Waals surface area contributed by atoms with Crippen LogP contribution in [0.4, 0.5) is 8.78 Å². The predicted octanol–water partition coefficient (Wildman–Crippen LogP) is 2.80. The molecule has 17 heavy (non-hydrogen) atoms. The third-order valence-corrected chi connectivity index (χ3v) is 3.83. The van der Waals surface area contributed by atoms with Gasteiger partial charge in [-0.15, -0.1) is 11.3 Å². The number of carboxylic acid groups (broad SMARTS) is 1. The molecule has 0 aliphatic heterocycles. The van der Waals surface area contributed by atoms with Gasteiger partial charge in [-0.1, -0.05) is 20.8 Å². The van der Waals surface area contributed by atoms with Gasteiger partial charge in [0, 0.05) is 9.75 Å².